The van der Waals surface area contributed by atoms with Crippen molar-refractivity contribution < 1.29 is 9.42 Å². The largest absolute Gasteiger partial charge is 0.372 e. The molecule has 1 N–H and O–H groups in total. The fraction of sp³-hybridized carbons (Fsp3) is 0.438. The fourth-order valence-corrected chi connectivity index (χ4v) is 2.65. The Morgan fingerprint density at radius 1 is 1.18 bits per heavy atom. The number of carbonyl (C=O) groups is 1. The number of nitrogens with one attached hydrogen (secondary N) is 1. The molecular weight excluding hydrogens is 280 g/mol. The van der Waals surface area contributed by atoms with Crippen molar-refractivity contribution in [2.45, 2.75) is 32.7 Å². The van der Waals surface area contributed by atoms with E-state index in [0.717, 1.165) is 13.1 Å². The number of piperidine rings is 1. The zero-order valence-corrected chi connectivity index (χ0v) is 12.7. The van der Waals surface area contributed by atoms with Crippen molar-refractivity contribution in [1.82, 2.24) is 15.6 Å². The van der Waals surface area contributed by atoms with Gasteiger partial charge in [0.1, 0.15) is 11.4 Å². The summed E-state index contributed by atoms with van der Waals surface area (Å²) < 4.78 is 4.61. The standard InChI is InChI=1S/C16H20N4O2/c1-12-15(19-22-18-12)11-17-16(21)13-5-7-14(8-6-13)20-9-3-2-4-10-20/h5-8H,2-4,9-11H2,1H3,(H,17,21). The van der Waals surface area contributed by atoms with Crippen LogP contribution >= 0.6 is 0 Å². The van der Waals surface area contributed by atoms with E-state index in [-0.39, 0.29) is 5.91 Å². The minimum Gasteiger partial charge on any atom is -0.372 e. The summed E-state index contributed by atoms with van der Waals surface area (Å²) >= 11 is 0. The third-order valence-corrected chi connectivity index (χ3v) is 4.01. The Morgan fingerprint density at radius 2 is 1.91 bits per heavy atom. The van der Waals surface area contributed by atoms with Gasteiger partial charge in [-0.15, -0.1) is 0 Å². The molecule has 2 aromatic rings. The molecule has 2 heterocycles. The molecule has 116 valence electrons. The molecular formula is C16H20N4O2. The highest BCUT2D eigenvalue weighted by Gasteiger charge is 2.12. The molecule has 22 heavy (non-hydrogen) atoms. The van der Waals surface area contributed by atoms with Crippen LogP contribution in [0.3, 0.4) is 0 Å². The zero-order chi connectivity index (χ0) is 15.4. The number of anilines is 1. The van der Waals surface area contributed by atoms with Gasteiger partial charge in [-0.25, -0.2) is 4.63 Å². The summed E-state index contributed by atoms with van der Waals surface area (Å²) in [5, 5.41) is 10.3. The quantitative estimate of drug-likeness (QED) is 0.938. The van der Waals surface area contributed by atoms with E-state index in [1.54, 1.807) is 6.92 Å². The molecule has 1 amide bonds. The Hall–Kier alpha value is -2.37. The van der Waals surface area contributed by atoms with Crippen molar-refractivity contribution in [3.63, 3.8) is 0 Å². The van der Waals surface area contributed by atoms with Gasteiger partial charge in [-0.1, -0.05) is 10.3 Å². The monoisotopic (exact) mass is 300 g/mol. The summed E-state index contributed by atoms with van der Waals surface area (Å²) in [5.41, 5.74) is 3.18. The van der Waals surface area contributed by atoms with Crippen LogP contribution in [0.2, 0.25) is 0 Å². The Kier molecular flexibility index (Phi) is 4.37. The highest BCUT2D eigenvalue weighted by atomic mass is 16.6. The zero-order valence-electron chi connectivity index (χ0n) is 12.7. The molecule has 1 aliphatic rings. The lowest BCUT2D eigenvalue weighted by Crippen LogP contribution is -2.29. The van der Waals surface area contributed by atoms with Crippen molar-refractivity contribution in [3.05, 3.63) is 41.2 Å². The first kappa shape index (κ1) is 14.6. The molecule has 6 nitrogen and oxygen atoms in total. The van der Waals surface area contributed by atoms with Crippen LogP contribution < -0.4 is 10.2 Å². The van der Waals surface area contributed by atoms with Gasteiger partial charge < -0.3 is 10.2 Å². The first-order valence-corrected chi connectivity index (χ1v) is 7.65. The number of nitrogens with zero attached hydrogens (tertiary/aromatic N) is 3. The lowest BCUT2D eigenvalue weighted by atomic mass is 10.1. The Morgan fingerprint density at radius 3 is 2.55 bits per heavy atom. The number of carbonyl (C=O) groups excluding carboxylic acids is 1. The smallest absolute Gasteiger partial charge is 0.251 e. The molecule has 1 saturated heterocycles. The van der Waals surface area contributed by atoms with Gasteiger partial charge in [0, 0.05) is 24.3 Å². The van der Waals surface area contributed by atoms with E-state index in [9.17, 15) is 4.79 Å². The second kappa shape index (κ2) is 6.60. The van der Waals surface area contributed by atoms with Crippen molar-refractivity contribution in [1.29, 1.82) is 0 Å². The van der Waals surface area contributed by atoms with Gasteiger partial charge in [0.25, 0.3) is 5.91 Å². The van der Waals surface area contributed by atoms with Gasteiger partial charge in [-0.05, 0) is 50.5 Å². The first-order chi connectivity index (χ1) is 10.7. The van der Waals surface area contributed by atoms with Gasteiger partial charge in [0.2, 0.25) is 0 Å². The fourth-order valence-electron chi connectivity index (χ4n) is 2.65. The van der Waals surface area contributed by atoms with E-state index >= 15 is 0 Å². The van der Waals surface area contributed by atoms with E-state index in [0.29, 0.717) is 23.5 Å². The molecule has 1 aliphatic heterocycles. The van der Waals surface area contributed by atoms with Crippen LogP contribution in [0.1, 0.15) is 41.0 Å². The number of hydrogen-bond acceptors (Lipinski definition) is 5. The van der Waals surface area contributed by atoms with Crippen molar-refractivity contribution in [2.75, 3.05) is 18.0 Å². The Labute approximate surface area is 129 Å². The summed E-state index contributed by atoms with van der Waals surface area (Å²) in [4.78, 5) is 14.5. The molecule has 0 atom stereocenters. The van der Waals surface area contributed by atoms with Gasteiger partial charge in [0.05, 0.1) is 6.54 Å². The van der Waals surface area contributed by atoms with Crippen LogP contribution in [0, 0.1) is 6.92 Å². The van der Waals surface area contributed by atoms with Gasteiger partial charge in [-0.2, -0.15) is 0 Å². The minimum absolute atomic E-state index is 0.118. The van der Waals surface area contributed by atoms with E-state index in [1.807, 2.05) is 24.3 Å². The number of benzene rings is 1. The van der Waals surface area contributed by atoms with Crippen molar-refractivity contribution in [3.8, 4) is 0 Å². The van der Waals surface area contributed by atoms with Gasteiger partial charge in [0.15, 0.2) is 0 Å². The van der Waals surface area contributed by atoms with Crippen molar-refractivity contribution >= 4 is 11.6 Å². The summed E-state index contributed by atoms with van der Waals surface area (Å²) in [5.74, 6) is -0.118. The second-order valence-corrected chi connectivity index (χ2v) is 5.57. The van der Waals surface area contributed by atoms with Gasteiger partial charge >= 0.3 is 0 Å². The number of rotatable bonds is 4. The Bertz CT molecular complexity index is 630. The number of aryl methyl sites for hydroxylation is 1. The predicted molar refractivity (Wildman–Crippen MR) is 82.7 cm³/mol. The average molecular weight is 300 g/mol. The highest BCUT2D eigenvalue weighted by Crippen LogP contribution is 2.20. The second-order valence-electron chi connectivity index (χ2n) is 5.57. The molecule has 0 spiro atoms. The number of hydrogen-bond donors (Lipinski definition) is 1. The van der Waals surface area contributed by atoms with E-state index in [1.165, 1.54) is 24.9 Å². The lowest BCUT2D eigenvalue weighted by Gasteiger charge is -2.28. The molecule has 1 aromatic carbocycles. The molecule has 1 aromatic heterocycles. The van der Waals surface area contributed by atoms with Crippen LogP contribution in [0.25, 0.3) is 0 Å². The predicted octanol–water partition coefficient (Wildman–Crippen LogP) is 2.30. The van der Waals surface area contributed by atoms with Crippen molar-refractivity contribution in [2.24, 2.45) is 0 Å². The molecule has 6 heteroatoms. The minimum atomic E-state index is -0.118. The third kappa shape index (κ3) is 3.27. The lowest BCUT2D eigenvalue weighted by molar-refractivity contribution is 0.0950. The Balaban J connectivity index is 1.59. The van der Waals surface area contributed by atoms with E-state index in [2.05, 4.69) is 25.2 Å². The molecule has 0 aliphatic carbocycles. The molecule has 1 fully saturated rings. The highest BCUT2D eigenvalue weighted by molar-refractivity contribution is 5.94. The average Bonchev–Trinajstić information content (AvgIpc) is 2.99. The van der Waals surface area contributed by atoms with E-state index < -0.39 is 0 Å². The van der Waals surface area contributed by atoms with E-state index in [4.69, 9.17) is 0 Å². The first-order valence-electron chi connectivity index (χ1n) is 7.65. The topological polar surface area (TPSA) is 71.3 Å². The molecule has 3 rings (SSSR count). The SMILES string of the molecule is Cc1nonc1CNC(=O)c1ccc(N2CCCCC2)cc1. The van der Waals surface area contributed by atoms with Gasteiger partial charge in [-0.3, -0.25) is 4.79 Å². The number of aromatic nitrogens is 2. The van der Waals surface area contributed by atoms with Crippen LogP contribution in [0.5, 0.6) is 0 Å². The normalized spacial score (nSPS) is 14.9. The molecule has 0 saturated carbocycles. The summed E-state index contributed by atoms with van der Waals surface area (Å²) in [6, 6.07) is 7.77. The summed E-state index contributed by atoms with van der Waals surface area (Å²) in [6.45, 7) is 4.32. The third-order valence-electron chi connectivity index (χ3n) is 4.01. The summed E-state index contributed by atoms with van der Waals surface area (Å²) in [7, 11) is 0. The molecule has 0 bridgehead atoms. The maximum absolute atomic E-state index is 12.1. The van der Waals surface area contributed by atoms with Crippen LogP contribution in [-0.2, 0) is 6.54 Å². The summed E-state index contributed by atoms with van der Waals surface area (Å²) in [6.07, 6.45) is 3.80. The van der Waals surface area contributed by atoms with Crippen LogP contribution in [0.15, 0.2) is 28.9 Å². The molecule has 0 radical (unpaired) electrons. The maximum atomic E-state index is 12.1. The number of amides is 1. The van der Waals surface area contributed by atoms with Crippen LogP contribution in [-0.4, -0.2) is 29.3 Å². The maximum Gasteiger partial charge on any atom is 0.251 e. The van der Waals surface area contributed by atoms with Crippen LogP contribution in [0.4, 0.5) is 5.69 Å². The molecule has 0 unspecified atom stereocenters.